The zero-order chi connectivity index (χ0) is 18.2. The Morgan fingerprint density at radius 1 is 1.35 bits per heavy atom. The Hall–Kier alpha value is -1.02. The van der Waals surface area contributed by atoms with E-state index < -0.39 is 0 Å². The second-order valence-corrected chi connectivity index (χ2v) is 7.13. The monoisotopic (exact) mass is 474 g/mol. The van der Waals surface area contributed by atoms with Crippen molar-refractivity contribution in [1.82, 2.24) is 15.5 Å². The maximum Gasteiger partial charge on any atom is 0.191 e. The average Bonchev–Trinajstić information content (AvgIpc) is 3.04. The van der Waals surface area contributed by atoms with Crippen LogP contribution >= 0.6 is 24.0 Å². The molecule has 2 N–H and O–H groups in total. The van der Waals surface area contributed by atoms with Crippen molar-refractivity contribution >= 4 is 29.9 Å². The number of rotatable bonds is 7. The minimum absolute atomic E-state index is 0. The third kappa shape index (κ3) is 7.31. The van der Waals surface area contributed by atoms with E-state index in [2.05, 4.69) is 66.4 Å². The average molecular weight is 474 g/mol. The van der Waals surface area contributed by atoms with Crippen LogP contribution in [0.2, 0.25) is 0 Å². The molecule has 1 aliphatic rings. The lowest BCUT2D eigenvalue weighted by atomic mass is 10.1. The van der Waals surface area contributed by atoms with Gasteiger partial charge in [0, 0.05) is 32.2 Å². The highest BCUT2D eigenvalue weighted by Gasteiger charge is 2.21. The van der Waals surface area contributed by atoms with Gasteiger partial charge < -0.3 is 20.3 Å². The van der Waals surface area contributed by atoms with Crippen molar-refractivity contribution in [3.05, 3.63) is 29.3 Å². The number of likely N-dealkylation sites (tertiary alicyclic amines) is 1. The molecule has 0 bridgehead atoms. The summed E-state index contributed by atoms with van der Waals surface area (Å²) in [4.78, 5) is 6.86. The lowest BCUT2D eigenvalue weighted by Gasteiger charge is -2.18. The van der Waals surface area contributed by atoms with E-state index in [9.17, 15) is 0 Å². The number of ether oxygens (including phenoxy) is 1. The molecule has 1 saturated heterocycles. The summed E-state index contributed by atoms with van der Waals surface area (Å²) >= 11 is 0. The molecule has 1 aliphatic heterocycles. The fraction of sp³-hybridized carbons (Fsp3) is 0.650. The Kier molecular flexibility index (Phi) is 10.3. The third-order valence-corrected chi connectivity index (χ3v) is 4.63. The van der Waals surface area contributed by atoms with Crippen LogP contribution in [-0.4, -0.2) is 50.2 Å². The number of benzene rings is 1. The standard InChI is InChI=1S/C20H34N4O.HI/c1-6-24-10-9-17(14-24)12-22-20(21-5)23-13-18-8-7-16(4)11-19(18)25-15(2)3;/h7-8,11,15,17H,6,9-10,12-14H2,1-5H3,(H2,21,22,23);1H. The van der Waals surface area contributed by atoms with Crippen LogP contribution < -0.4 is 15.4 Å². The van der Waals surface area contributed by atoms with Crippen LogP contribution in [0.3, 0.4) is 0 Å². The highest BCUT2D eigenvalue weighted by molar-refractivity contribution is 14.0. The van der Waals surface area contributed by atoms with E-state index >= 15 is 0 Å². The molecule has 1 heterocycles. The maximum absolute atomic E-state index is 5.95. The summed E-state index contributed by atoms with van der Waals surface area (Å²) in [5.74, 6) is 2.51. The lowest BCUT2D eigenvalue weighted by molar-refractivity contribution is 0.239. The highest BCUT2D eigenvalue weighted by atomic mass is 127. The molecule has 0 spiro atoms. The summed E-state index contributed by atoms with van der Waals surface area (Å²) in [6, 6.07) is 6.35. The van der Waals surface area contributed by atoms with Crippen molar-refractivity contribution in [1.29, 1.82) is 0 Å². The van der Waals surface area contributed by atoms with E-state index in [4.69, 9.17) is 4.74 Å². The number of aliphatic imine (C=N–C) groups is 1. The molecule has 1 aromatic rings. The largest absolute Gasteiger partial charge is 0.491 e. The molecule has 6 heteroatoms. The van der Waals surface area contributed by atoms with E-state index in [-0.39, 0.29) is 30.1 Å². The van der Waals surface area contributed by atoms with Crippen molar-refractivity contribution in [3.8, 4) is 5.75 Å². The van der Waals surface area contributed by atoms with E-state index in [1.807, 2.05) is 7.05 Å². The first kappa shape index (κ1) is 23.0. The van der Waals surface area contributed by atoms with Crippen molar-refractivity contribution in [2.45, 2.75) is 46.8 Å². The SMILES string of the molecule is CCN1CCC(CNC(=NC)NCc2ccc(C)cc2OC(C)C)C1.I. The first-order valence-corrected chi connectivity index (χ1v) is 9.44. The zero-order valence-corrected chi connectivity index (χ0v) is 19.2. The minimum Gasteiger partial charge on any atom is -0.491 e. The first-order chi connectivity index (χ1) is 12.0. The molecule has 26 heavy (non-hydrogen) atoms. The van der Waals surface area contributed by atoms with Crippen molar-refractivity contribution < 1.29 is 4.74 Å². The van der Waals surface area contributed by atoms with Gasteiger partial charge in [-0.15, -0.1) is 24.0 Å². The molecule has 1 unspecified atom stereocenters. The molecule has 1 atom stereocenters. The number of hydrogen-bond donors (Lipinski definition) is 2. The van der Waals surface area contributed by atoms with E-state index in [1.54, 1.807) is 0 Å². The van der Waals surface area contributed by atoms with Crippen molar-refractivity contribution in [3.63, 3.8) is 0 Å². The number of hydrogen-bond acceptors (Lipinski definition) is 3. The summed E-state index contributed by atoms with van der Waals surface area (Å²) < 4.78 is 5.95. The Morgan fingerprint density at radius 2 is 2.12 bits per heavy atom. The van der Waals surface area contributed by atoms with Crippen molar-refractivity contribution in [2.24, 2.45) is 10.9 Å². The van der Waals surface area contributed by atoms with Gasteiger partial charge in [0.05, 0.1) is 6.10 Å². The van der Waals surface area contributed by atoms with Gasteiger partial charge in [-0.2, -0.15) is 0 Å². The van der Waals surface area contributed by atoms with Gasteiger partial charge in [-0.05, 0) is 57.8 Å². The van der Waals surface area contributed by atoms with Crippen LogP contribution in [0.15, 0.2) is 23.2 Å². The molecule has 2 rings (SSSR count). The molecule has 0 aromatic heterocycles. The van der Waals surface area contributed by atoms with Gasteiger partial charge in [0.25, 0.3) is 0 Å². The fourth-order valence-electron chi connectivity index (χ4n) is 3.18. The quantitative estimate of drug-likeness (QED) is 0.362. The zero-order valence-electron chi connectivity index (χ0n) is 16.8. The van der Waals surface area contributed by atoms with Crippen LogP contribution in [0.5, 0.6) is 5.75 Å². The van der Waals surface area contributed by atoms with Crippen LogP contribution in [0.1, 0.15) is 38.3 Å². The number of aryl methyl sites for hydroxylation is 1. The summed E-state index contributed by atoms with van der Waals surface area (Å²) in [5.41, 5.74) is 2.36. The number of nitrogens with one attached hydrogen (secondary N) is 2. The summed E-state index contributed by atoms with van der Waals surface area (Å²) in [7, 11) is 1.82. The summed E-state index contributed by atoms with van der Waals surface area (Å²) in [5, 5.41) is 6.88. The van der Waals surface area contributed by atoms with E-state index in [0.717, 1.165) is 30.4 Å². The smallest absolute Gasteiger partial charge is 0.191 e. The molecule has 0 saturated carbocycles. The predicted molar refractivity (Wildman–Crippen MR) is 121 cm³/mol. The Morgan fingerprint density at radius 3 is 2.73 bits per heavy atom. The van der Waals surface area contributed by atoms with Gasteiger partial charge in [0.1, 0.15) is 5.75 Å². The minimum atomic E-state index is 0. The van der Waals surface area contributed by atoms with Crippen molar-refractivity contribution in [2.75, 3.05) is 33.2 Å². The first-order valence-electron chi connectivity index (χ1n) is 9.44. The molecule has 0 amide bonds. The van der Waals surface area contributed by atoms with Gasteiger partial charge in [0.15, 0.2) is 5.96 Å². The molecule has 0 radical (unpaired) electrons. The van der Waals surface area contributed by atoms with Gasteiger partial charge >= 0.3 is 0 Å². The fourth-order valence-corrected chi connectivity index (χ4v) is 3.18. The topological polar surface area (TPSA) is 48.9 Å². The van der Waals surface area contributed by atoms with Crippen LogP contribution in [0.25, 0.3) is 0 Å². The lowest BCUT2D eigenvalue weighted by Crippen LogP contribution is -2.40. The van der Waals surface area contributed by atoms with Gasteiger partial charge in [0.2, 0.25) is 0 Å². The third-order valence-electron chi connectivity index (χ3n) is 4.63. The number of nitrogens with zero attached hydrogens (tertiary/aromatic N) is 2. The molecule has 1 fully saturated rings. The van der Waals surface area contributed by atoms with Gasteiger partial charge in [-0.25, -0.2) is 0 Å². The van der Waals surface area contributed by atoms with Crippen LogP contribution in [0.4, 0.5) is 0 Å². The van der Waals surface area contributed by atoms with Crippen LogP contribution in [-0.2, 0) is 6.54 Å². The van der Waals surface area contributed by atoms with E-state index in [1.165, 1.54) is 25.1 Å². The maximum atomic E-state index is 5.95. The summed E-state index contributed by atoms with van der Waals surface area (Å²) in [6.07, 6.45) is 1.43. The summed E-state index contributed by atoms with van der Waals surface area (Å²) in [6.45, 7) is 13.7. The highest BCUT2D eigenvalue weighted by Crippen LogP contribution is 2.21. The second kappa shape index (κ2) is 11.6. The van der Waals surface area contributed by atoms with Gasteiger partial charge in [-0.1, -0.05) is 19.1 Å². The molecule has 0 aliphatic carbocycles. The second-order valence-electron chi connectivity index (χ2n) is 7.13. The van der Waals surface area contributed by atoms with Crippen LogP contribution in [0, 0.1) is 12.8 Å². The molecule has 5 nitrogen and oxygen atoms in total. The Bertz CT molecular complexity index is 577. The van der Waals surface area contributed by atoms with Gasteiger partial charge in [-0.3, -0.25) is 4.99 Å². The number of halogens is 1. The Labute approximate surface area is 176 Å². The number of guanidine groups is 1. The molecular weight excluding hydrogens is 439 g/mol. The van der Waals surface area contributed by atoms with E-state index in [0.29, 0.717) is 12.5 Å². The predicted octanol–water partition coefficient (Wildman–Crippen LogP) is 3.41. The Balaban J connectivity index is 0.00000338. The molecular formula is C20H35IN4O. The molecule has 1 aromatic carbocycles. The molecule has 148 valence electrons. The normalized spacial score (nSPS) is 17.9.